The second-order valence-electron chi connectivity index (χ2n) is 6.09. The molecule has 0 radical (unpaired) electrons. The van der Waals surface area contributed by atoms with Gasteiger partial charge >= 0.3 is 11.9 Å². The second-order valence-corrected chi connectivity index (χ2v) is 6.09. The van der Waals surface area contributed by atoms with Crippen LogP contribution in [0.4, 0.5) is 0 Å². The molecule has 27 heavy (non-hydrogen) atoms. The zero-order valence-corrected chi connectivity index (χ0v) is 14.9. The Labute approximate surface area is 156 Å². The quantitative estimate of drug-likeness (QED) is 0.695. The van der Waals surface area contributed by atoms with Crippen LogP contribution in [0.15, 0.2) is 54.6 Å². The van der Waals surface area contributed by atoms with Crippen molar-refractivity contribution in [3.05, 3.63) is 88.2 Å². The Bertz CT molecular complexity index is 1090. The maximum absolute atomic E-state index is 11.8. The Morgan fingerprint density at radius 3 is 2.15 bits per heavy atom. The van der Waals surface area contributed by atoms with Crippen LogP contribution >= 0.6 is 0 Å². The van der Waals surface area contributed by atoms with Crippen LogP contribution in [-0.4, -0.2) is 26.7 Å². The van der Waals surface area contributed by atoms with E-state index in [1.165, 1.54) is 12.1 Å². The van der Waals surface area contributed by atoms with E-state index in [9.17, 15) is 14.7 Å². The van der Waals surface area contributed by atoms with Gasteiger partial charge in [0.05, 0.1) is 16.8 Å². The first kappa shape index (κ1) is 18.0. The highest BCUT2D eigenvalue weighted by Crippen LogP contribution is 2.24. The van der Waals surface area contributed by atoms with Gasteiger partial charge in [0.15, 0.2) is 0 Å². The van der Waals surface area contributed by atoms with E-state index in [2.05, 4.69) is 11.8 Å². The summed E-state index contributed by atoms with van der Waals surface area (Å²) in [6.07, 6.45) is 0. The zero-order valence-electron chi connectivity index (χ0n) is 14.9. The number of hydrogen-bond donors (Lipinski definition) is 2. The van der Waals surface area contributed by atoms with Crippen LogP contribution in [0.1, 0.15) is 43.2 Å². The van der Waals surface area contributed by atoms with E-state index in [4.69, 9.17) is 5.11 Å². The maximum atomic E-state index is 11.8. The zero-order chi connectivity index (χ0) is 19.6. The van der Waals surface area contributed by atoms with Crippen LogP contribution in [0.5, 0.6) is 0 Å². The highest BCUT2D eigenvalue weighted by molar-refractivity contribution is 5.93. The van der Waals surface area contributed by atoms with Gasteiger partial charge in [0.25, 0.3) is 0 Å². The molecule has 0 unspecified atom stereocenters. The number of aromatic carboxylic acids is 2. The smallest absolute Gasteiger partial charge is 0.337 e. The molecule has 134 valence electrons. The van der Waals surface area contributed by atoms with Gasteiger partial charge < -0.3 is 14.8 Å². The first-order valence-corrected chi connectivity index (χ1v) is 8.25. The molecule has 0 fully saturated rings. The number of benzene rings is 2. The third kappa shape index (κ3) is 3.60. The van der Waals surface area contributed by atoms with Crippen molar-refractivity contribution in [2.75, 3.05) is 0 Å². The minimum atomic E-state index is -1.03. The van der Waals surface area contributed by atoms with E-state index in [0.29, 0.717) is 16.8 Å². The number of aryl methyl sites for hydroxylation is 2. The number of hydrogen-bond acceptors (Lipinski definition) is 2. The van der Waals surface area contributed by atoms with E-state index >= 15 is 0 Å². The van der Waals surface area contributed by atoms with Gasteiger partial charge in [-0.25, -0.2) is 9.59 Å². The Kier molecular flexibility index (Phi) is 4.82. The van der Waals surface area contributed by atoms with Crippen molar-refractivity contribution in [2.24, 2.45) is 0 Å². The van der Waals surface area contributed by atoms with Crippen LogP contribution in [0.25, 0.3) is 5.69 Å². The van der Waals surface area contributed by atoms with E-state index in [1.807, 2.05) is 30.5 Å². The van der Waals surface area contributed by atoms with Crippen molar-refractivity contribution in [3.8, 4) is 17.5 Å². The average molecular weight is 359 g/mol. The summed E-state index contributed by atoms with van der Waals surface area (Å²) < 4.78 is 1.86. The molecular formula is C22H17NO4. The van der Waals surface area contributed by atoms with Gasteiger partial charge in [-0.2, -0.15) is 0 Å². The predicted molar refractivity (Wildman–Crippen MR) is 102 cm³/mol. The SMILES string of the molecule is Cc1ccc(C)n1-c1c(C#Cc2cccc(C(=O)O)c2)cccc1C(=O)O. The largest absolute Gasteiger partial charge is 0.478 e. The lowest BCUT2D eigenvalue weighted by atomic mass is 10.1. The van der Waals surface area contributed by atoms with Crippen molar-refractivity contribution in [2.45, 2.75) is 13.8 Å². The molecule has 1 aromatic heterocycles. The second kappa shape index (κ2) is 7.22. The molecule has 5 nitrogen and oxygen atoms in total. The van der Waals surface area contributed by atoms with Gasteiger partial charge in [0.1, 0.15) is 0 Å². The molecule has 0 aliphatic heterocycles. The molecule has 0 atom stereocenters. The van der Waals surface area contributed by atoms with Crippen molar-refractivity contribution < 1.29 is 19.8 Å². The van der Waals surface area contributed by atoms with Crippen LogP contribution in [0.2, 0.25) is 0 Å². The molecule has 0 aliphatic rings. The molecule has 0 saturated heterocycles. The highest BCUT2D eigenvalue weighted by atomic mass is 16.4. The monoisotopic (exact) mass is 359 g/mol. The summed E-state index contributed by atoms with van der Waals surface area (Å²) in [4.78, 5) is 22.9. The number of carboxylic acids is 2. The molecule has 5 heteroatoms. The lowest BCUT2D eigenvalue weighted by molar-refractivity contribution is 0.0686. The molecule has 3 rings (SSSR count). The summed E-state index contributed by atoms with van der Waals surface area (Å²) in [6.45, 7) is 3.80. The first-order chi connectivity index (χ1) is 12.9. The van der Waals surface area contributed by atoms with Gasteiger partial charge in [-0.05, 0) is 56.3 Å². The Hall–Kier alpha value is -3.78. The minimum absolute atomic E-state index is 0.151. The number of aromatic nitrogens is 1. The summed E-state index contributed by atoms with van der Waals surface area (Å²) in [5, 5.41) is 18.7. The van der Waals surface area contributed by atoms with Gasteiger partial charge in [0, 0.05) is 22.5 Å². The molecule has 0 aliphatic carbocycles. The van der Waals surface area contributed by atoms with E-state index in [-0.39, 0.29) is 11.1 Å². The van der Waals surface area contributed by atoms with E-state index in [0.717, 1.165) is 11.4 Å². The third-order valence-corrected chi connectivity index (χ3v) is 4.21. The lowest BCUT2D eigenvalue weighted by Crippen LogP contribution is -2.10. The van der Waals surface area contributed by atoms with Gasteiger partial charge in [-0.1, -0.05) is 24.0 Å². The number of carboxylic acid groups (broad SMARTS) is 2. The van der Waals surface area contributed by atoms with Crippen molar-refractivity contribution >= 4 is 11.9 Å². The molecule has 0 bridgehead atoms. The average Bonchev–Trinajstić information content (AvgIpc) is 2.98. The first-order valence-electron chi connectivity index (χ1n) is 8.25. The van der Waals surface area contributed by atoms with Crippen molar-refractivity contribution in [3.63, 3.8) is 0 Å². The van der Waals surface area contributed by atoms with E-state index in [1.54, 1.807) is 30.3 Å². The minimum Gasteiger partial charge on any atom is -0.478 e. The highest BCUT2D eigenvalue weighted by Gasteiger charge is 2.17. The Balaban J connectivity index is 2.19. The topological polar surface area (TPSA) is 79.5 Å². The summed E-state index contributed by atoms with van der Waals surface area (Å²) in [5.74, 6) is 3.89. The van der Waals surface area contributed by atoms with Crippen molar-refractivity contribution in [1.29, 1.82) is 0 Å². The molecule has 3 aromatic rings. The maximum Gasteiger partial charge on any atom is 0.337 e. The lowest BCUT2D eigenvalue weighted by Gasteiger charge is -2.14. The van der Waals surface area contributed by atoms with Crippen LogP contribution < -0.4 is 0 Å². The number of nitrogens with zero attached hydrogens (tertiary/aromatic N) is 1. The summed E-state index contributed by atoms with van der Waals surface area (Å²) >= 11 is 0. The normalized spacial score (nSPS) is 10.1. The van der Waals surface area contributed by atoms with Crippen LogP contribution in [0, 0.1) is 25.7 Å². The van der Waals surface area contributed by atoms with E-state index < -0.39 is 11.9 Å². The molecule has 2 aromatic carbocycles. The Morgan fingerprint density at radius 2 is 1.52 bits per heavy atom. The molecule has 0 spiro atoms. The van der Waals surface area contributed by atoms with Gasteiger partial charge in [0.2, 0.25) is 0 Å². The van der Waals surface area contributed by atoms with Gasteiger partial charge in [-0.3, -0.25) is 0 Å². The van der Waals surface area contributed by atoms with Crippen LogP contribution in [-0.2, 0) is 0 Å². The van der Waals surface area contributed by atoms with Crippen LogP contribution in [0.3, 0.4) is 0 Å². The fourth-order valence-electron chi connectivity index (χ4n) is 2.95. The summed E-state index contributed by atoms with van der Waals surface area (Å²) in [5.41, 5.74) is 3.71. The summed E-state index contributed by atoms with van der Waals surface area (Å²) in [6, 6.07) is 15.1. The standard InChI is InChI=1S/C22H17NO4/c1-14-9-10-15(2)23(14)20-17(6-4-8-19(20)22(26)27)12-11-16-5-3-7-18(13-16)21(24)25/h3-10,13H,1-2H3,(H,24,25)(H,26,27). The predicted octanol–water partition coefficient (Wildman–Crippen LogP) is 3.89. The number of carbonyl (C=O) groups is 2. The van der Waals surface area contributed by atoms with Crippen molar-refractivity contribution in [1.82, 2.24) is 4.57 Å². The van der Waals surface area contributed by atoms with Gasteiger partial charge in [-0.15, -0.1) is 0 Å². The summed E-state index contributed by atoms with van der Waals surface area (Å²) in [7, 11) is 0. The number of rotatable bonds is 3. The number of para-hydroxylation sites is 1. The molecule has 0 amide bonds. The molecule has 1 heterocycles. The molecule has 2 N–H and O–H groups in total. The molecule has 0 saturated carbocycles. The third-order valence-electron chi connectivity index (χ3n) is 4.21. The molecular weight excluding hydrogens is 342 g/mol. The fraction of sp³-hybridized carbons (Fsp3) is 0.0909. The fourth-order valence-corrected chi connectivity index (χ4v) is 2.95. The Morgan fingerprint density at radius 1 is 0.852 bits per heavy atom.